The fraction of sp³-hybridized carbons (Fsp3) is 0.500. The van der Waals surface area contributed by atoms with E-state index in [9.17, 15) is 4.79 Å². The highest BCUT2D eigenvalue weighted by atomic mass is 16.2. The second kappa shape index (κ2) is 1.33. The number of carbonyl (C=O) groups excluding carboxylic acids is 1. The van der Waals surface area contributed by atoms with Crippen molar-refractivity contribution in [3.63, 3.8) is 0 Å². The number of amidine groups is 1. The molecule has 0 saturated carbocycles. The normalized spacial score (nSPS) is 19.0. The topological polar surface area (TPSA) is 41.5 Å². The minimum Gasteiger partial charge on any atom is -0.313 e. The Hall–Kier alpha value is -0.860. The molecule has 0 saturated heterocycles. The van der Waals surface area contributed by atoms with Crippen molar-refractivity contribution in [3.8, 4) is 0 Å². The molecular formula is C4H6N2O. The van der Waals surface area contributed by atoms with E-state index in [1.807, 2.05) is 0 Å². The van der Waals surface area contributed by atoms with E-state index in [1.165, 1.54) is 0 Å². The summed E-state index contributed by atoms with van der Waals surface area (Å²) in [6, 6.07) is 0. The van der Waals surface area contributed by atoms with Crippen LogP contribution in [0.25, 0.3) is 0 Å². The van der Waals surface area contributed by atoms with Crippen molar-refractivity contribution in [3.05, 3.63) is 0 Å². The molecule has 0 unspecified atom stereocenters. The molecule has 1 aliphatic heterocycles. The molecule has 0 fully saturated rings. The first-order valence-corrected chi connectivity index (χ1v) is 2.10. The second-order valence-corrected chi connectivity index (χ2v) is 1.45. The Bertz CT molecular complexity index is 128. The minimum atomic E-state index is -0.00231. The average molecular weight is 98.1 g/mol. The maximum absolute atomic E-state index is 10.2. The maximum atomic E-state index is 10.2. The molecular weight excluding hydrogens is 92.1 g/mol. The lowest BCUT2D eigenvalue weighted by Gasteiger charge is -1.84. The van der Waals surface area contributed by atoms with E-state index in [1.54, 1.807) is 6.92 Å². The number of carbonyl (C=O) groups is 1. The summed E-state index contributed by atoms with van der Waals surface area (Å²) in [5.74, 6) is 0.725. The van der Waals surface area contributed by atoms with Gasteiger partial charge in [0.05, 0.1) is 0 Å². The smallest absolute Gasteiger partial charge is 0.246 e. The highest BCUT2D eigenvalue weighted by Gasteiger charge is 2.06. The molecule has 1 rings (SSSR count). The quantitative estimate of drug-likeness (QED) is 0.437. The molecule has 0 aromatic rings. The summed E-state index contributed by atoms with van der Waals surface area (Å²) < 4.78 is 0. The SMILES string of the molecule is CC1=NCC(=O)N1. The fourth-order valence-electron chi connectivity index (χ4n) is 0.471. The summed E-state index contributed by atoms with van der Waals surface area (Å²) in [6.07, 6.45) is 0. The van der Waals surface area contributed by atoms with Crippen LogP contribution in [0, 0.1) is 0 Å². The largest absolute Gasteiger partial charge is 0.313 e. The van der Waals surface area contributed by atoms with Crippen LogP contribution in [-0.2, 0) is 4.79 Å². The summed E-state index contributed by atoms with van der Waals surface area (Å²) in [7, 11) is 0. The van der Waals surface area contributed by atoms with E-state index >= 15 is 0 Å². The molecule has 0 atom stereocenters. The zero-order valence-corrected chi connectivity index (χ0v) is 4.06. The minimum absolute atomic E-state index is 0.00231. The fourth-order valence-corrected chi connectivity index (χ4v) is 0.471. The Morgan fingerprint density at radius 3 is 2.71 bits per heavy atom. The zero-order chi connectivity index (χ0) is 5.28. The summed E-state index contributed by atoms with van der Waals surface area (Å²) in [4.78, 5) is 14.0. The molecule has 7 heavy (non-hydrogen) atoms. The Balaban J connectivity index is 2.58. The van der Waals surface area contributed by atoms with Gasteiger partial charge in [0, 0.05) is 0 Å². The van der Waals surface area contributed by atoms with Crippen molar-refractivity contribution in [2.24, 2.45) is 4.99 Å². The van der Waals surface area contributed by atoms with Gasteiger partial charge >= 0.3 is 0 Å². The molecule has 1 heterocycles. The zero-order valence-electron chi connectivity index (χ0n) is 4.06. The second-order valence-electron chi connectivity index (χ2n) is 1.45. The standard InChI is InChI=1S/C4H6N2O/c1-3-5-2-4(7)6-3/h2H2,1H3,(H,5,6,7). The third-order valence-electron chi connectivity index (χ3n) is 0.780. The molecule has 1 amide bonds. The molecule has 0 aromatic carbocycles. The first kappa shape index (κ1) is 4.30. The highest BCUT2D eigenvalue weighted by Crippen LogP contribution is 1.82. The third kappa shape index (κ3) is 0.765. The molecule has 0 aromatic heterocycles. The van der Waals surface area contributed by atoms with E-state index in [2.05, 4.69) is 10.3 Å². The summed E-state index contributed by atoms with van der Waals surface area (Å²) in [6.45, 7) is 2.08. The first-order chi connectivity index (χ1) is 3.29. The Kier molecular flexibility index (Phi) is 0.817. The van der Waals surface area contributed by atoms with Crippen molar-refractivity contribution in [1.29, 1.82) is 0 Å². The van der Waals surface area contributed by atoms with Gasteiger partial charge in [-0.1, -0.05) is 0 Å². The van der Waals surface area contributed by atoms with Crippen LogP contribution in [0.3, 0.4) is 0 Å². The van der Waals surface area contributed by atoms with Crippen molar-refractivity contribution in [2.75, 3.05) is 6.54 Å². The highest BCUT2D eigenvalue weighted by molar-refractivity contribution is 6.02. The Morgan fingerprint density at radius 1 is 1.86 bits per heavy atom. The number of hydrogen-bond acceptors (Lipinski definition) is 2. The number of nitrogens with zero attached hydrogens (tertiary/aromatic N) is 1. The van der Waals surface area contributed by atoms with Gasteiger partial charge in [0.25, 0.3) is 0 Å². The van der Waals surface area contributed by atoms with Gasteiger partial charge in [-0.15, -0.1) is 0 Å². The van der Waals surface area contributed by atoms with E-state index in [0.29, 0.717) is 6.54 Å². The van der Waals surface area contributed by atoms with Crippen LogP contribution < -0.4 is 5.32 Å². The summed E-state index contributed by atoms with van der Waals surface area (Å²) in [5, 5.41) is 2.53. The Labute approximate surface area is 41.4 Å². The molecule has 3 heteroatoms. The van der Waals surface area contributed by atoms with Gasteiger partial charge in [-0.3, -0.25) is 9.79 Å². The summed E-state index contributed by atoms with van der Waals surface area (Å²) in [5.41, 5.74) is 0. The predicted molar refractivity (Wildman–Crippen MR) is 26.1 cm³/mol. The Morgan fingerprint density at radius 2 is 2.57 bits per heavy atom. The molecule has 0 radical (unpaired) electrons. The first-order valence-electron chi connectivity index (χ1n) is 2.10. The van der Waals surface area contributed by atoms with Gasteiger partial charge in [0.15, 0.2) is 0 Å². The van der Waals surface area contributed by atoms with Crippen molar-refractivity contribution in [1.82, 2.24) is 5.32 Å². The van der Waals surface area contributed by atoms with E-state index in [4.69, 9.17) is 0 Å². The van der Waals surface area contributed by atoms with Crippen LogP contribution in [0.4, 0.5) is 0 Å². The lowest BCUT2D eigenvalue weighted by Crippen LogP contribution is -2.21. The monoisotopic (exact) mass is 98.0 g/mol. The predicted octanol–water partition coefficient (Wildman–Crippen LogP) is -0.465. The van der Waals surface area contributed by atoms with E-state index in [0.717, 1.165) is 5.84 Å². The van der Waals surface area contributed by atoms with Crippen LogP contribution in [0.5, 0.6) is 0 Å². The molecule has 38 valence electrons. The molecule has 1 aliphatic rings. The molecule has 0 bridgehead atoms. The number of rotatable bonds is 0. The lowest BCUT2D eigenvalue weighted by molar-refractivity contribution is -0.117. The number of hydrogen-bond donors (Lipinski definition) is 1. The van der Waals surface area contributed by atoms with E-state index < -0.39 is 0 Å². The van der Waals surface area contributed by atoms with Crippen LogP contribution in [-0.4, -0.2) is 18.3 Å². The number of aliphatic imine (C=N–C) groups is 1. The van der Waals surface area contributed by atoms with Gasteiger partial charge in [-0.25, -0.2) is 0 Å². The average Bonchev–Trinajstić information content (AvgIpc) is 1.87. The van der Waals surface area contributed by atoms with Gasteiger partial charge in [0.1, 0.15) is 12.4 Å². The maximum Gasteiger partial charge on any atom is 0.246 e. The summed E-state index contributed by atoms with van der Waals surface area (Å²) >= 11 is 0. The van der Waals surface area contributed by atoms with Crippen LogP contribution in [0.15, 0.2) is 4.99 Å². The van der Waals surface area contributed by atoms with Crippen molar-refractivity contribution >= 4 is 11.7 Å². The van der Waals surface area contributed by atoms with Gasteiger partial charge in [-0.2, -0.15) is 0 Å². The molecule has 0 aliphatic carbocycles. The van der Waals surface area contributed by atoms with Crippen molar-refractivity contribution < 1.29 is 4.79 Å². The lowest BCUT2D eigenvalue weighted by atomic mass is 10.6. The van der Waals surface area contributed by atoms with Crippen LogP contribution in [0.2, 0.25) is 0 Å². The van der Waals surface area contributed by atoms with Crippen LogP contribution in [0.1, 0.15) is 6.92 Å². The molecule has 3 nitrogen and oxygen atoms in total. The third-order valence-corrected chi connectivity index (χ3v) is 0.780. The van der Waals surface area contributed by atoms with Gasteiger partial charge in [-0.05, 0) is 6.92 Å². The molecule has 0 spiro atoms. The van der Waals surface area contributed by atoms with Crippen molar-refractivity contribution in [2.45, 2.75) is 6.92 Å². The number of nitrogens with one attached hydrogen (secondary N) is 1. The van der Waals surface area contributed by atoms with Crippen LogP contribution >= 0.6 is 0 Å². The molecule has 1 N–H and O–H groups in total. The van der Waals surface area contributed by atoms with Gasteiger partial charge < -0.3 is 5.32 Å². The van der Waals surface area contributed by atoms with E-state index in [-0.39, 0.29) is 5.91 Å². The van der Waals surface area contributed by atoms with Gasteiger partial charge in [0.2, 0.25) is 5.91 Å². The number of amides is 1.